The summed E-state index contributed by atoms with van der Waals surface area (Å²) >= 11 is 6.12. The maximum atomic E-state index is 13.3. The third-order valence-electron chi connectivity index (χ3n) is 6.15. The number of aliphatic hydroxyl groups excluding tert-OH is 1. The molecule has 1 N–H and O–H groups in total. The molecular formula is C27H23ClN2O5. The Morgan fingerprint density at radius 1 is 1.03 bits per heavy atom. The zero-order valence-electron chi connectivity index (χ0n) is 19.2. The lowest BCUT2D eigenvalue weighted by molar-refractivity contribution is -0.140. The summed E-state index contributed by atoms with van der Waals surface area (Å²) < 4.78 is 10.8. The Kier molecular flexibility index (Phi) is 5.86. The number of carbonyl (C=O) groups excluding carboxylic acids is 2. The van der Waals surface area contributed by atoms with E-state index in [-0.39, 0.29) is 24.7 Å². The number of hydrogen-bond donors (Lipinski definition) is 1. The van der Waals surface area contributed by atoms with Crippen molar-refractivity contribution in [2.75, 3.05) is 25.8 Å². The van der Waals surface area contributed by atoms with Gasteiger partial charge < -0.3 is 24.4 Å². The van der Waals surface area contributed by atoms with Crippen molar-refractivity contribution >= 4 is 34.7 Å². The largest absolute Gasteiger partial charge is 0.507 e. The first-order valence-electron chi connectivity index (χ1n) is 11.0. The number of fused-ring (bicyclic) bond motifs is 1. The van der Waals surface area contributed by atoms with Crippen molar-refractivity contribution in [3.8, 4) is 11.5 Å². The number of rotatable bonds is 5. The lowest BCUT2D eigenvalue weighted by Gasteiger charge is -2.26. The zero-order valence-corrected chi connectivity index (χ0v) is 20.0. The Balaban J connectivity index is 1.61. The van der Waals surface area contributed by atoms with Crippen molar-refractivity contribution in [2.24, 2.45) is 0 Å². The van der Waals surface area contributed by atoms with Crippen LogP contribution in [0.25, 0.3) is 5.76 Å². The van der Waals surface area contributed by atoms with Gasteiger partial charge in [0.2, 0.25) is 6.79 Å². The lowest BCUT2D eigenvalue weighted by atomic mass is 9.95. The second-order valence-electron chi connectivity index (χ2n) is 8.61. The van der Waals surface area contributed by atoms with Crippen LogP contribution in [0, 0.1) is 0 Å². The molecule has 3 aromatic rings. The molecular weight excluding hydrogens is 468 g/mol. The fourth-order valence-corrected chi connectivity index (χ4v) is 4.56. The van der Waals surface area contributed by atoms with Gasteiger partial charge in [-0.05, 0) is 47.5 Å². The van der Waals surface area contributed by atoms with Gasteiger partial charge in [-0.3, -0.25) is 9.59 Å². The molecule has 2 aliphatic rings. The second-order valence-corrected chi connectivity index (χ2v) is 9.05. The van der Waals surface area contributed by atoms with Crippen molar-refractivity contribution in [1.82, 2.24) is 4.90 Å². The fraction of sp³-hybridized carbons (Fsp3) is 0.185. The molecule has 1 fully saturated rings. The SMILES string of the molecule is CN(C)c1ccc(C2/C(=C(\O)c3cccc(Cl)c3)C(=O)C(=O)N2Cc2ccc3c(c2)OCO3)cc1. The monoisotopic (exact) mass is 490 g/mol. The van der Waals surface area contributed by atoms with E-state index in [1.807, 2.05) is 49.3 Å². The Bertz CT molecular complexity index is 1350. The number of anilines is 1. The molecule has 1 unspecified atom stereocenters. The average Bonchev–Trinajstić information content (AvgIpc) is 3.41. The van der Waals surface area contributed by atoms with E-state index in [1.54, 1.807) is 36.4 Å². The van der Waals surface area contributed by atoms with E-state index >= 15 is 0 Å². The van der Waals surface area contributed by atoms with Crippen molar-refractivity contribution < 1.29 is 24.2 Å². The third-order valence-corrected chi connectivity index (χ3v) is 6.39. The highest BCUT2D eigenvalue weighted by molar-refractivity contribution is 6.46. The molecule has 5 rings (SSSR count). The summed E-state index contributed by atoms with van der Waals surface area (Å²) in [7, 11) is 3.86. The number of carbonyl (C=O) groups is 2. The highest BCUT2D eigenvalue weighted by atomic mass is 35.5. The number of ether oxygens (including phenoxy) is 2. The van der Waals surface area contributed by atoms with Crippen LogP contribution in [0.2, 0.25) is 5.02 Å². The molecule has 0 radical (unpaired) electrons. The minimum Gasteiger partial charge on any atom is -0.507 e. The van der Waals surface area contributed by atoms with Gasteiger partial charge in [0.15, 0.2) is 11.5 Å². The van der Waals surface area contributed by atoms with Gasteiger partial charge in [-0.25, -0.2) is 0 Å². The van der Waals surface area contributed by atoms with Crippen molar-refractivity contribution in [3.05, 3.63) is 94.0 Å². The van der Waals surface area contributed by atoms with Gasteiger partial charge in [-0.15, -0.1) is 0 Å². The van der Waals surface area contributed by atoms with Crippen LogP contribution in [0.1, 0.15) is 22.7 Å². The fourth-order valence-electron chi connectivity index (χ4n) is 4.37. The number of likely N-dealkylation sites (tertiary alicyclic amines) is 1. The number of halogens is 1. The maximum Gasteiger partial charge on any atom is 0.295 e. The number of amides is 1. The van der Waals surface area contributed by atoms with Gasteiger partial charge in [0.25, 0.3) is 11.7 Å². The van der Waals surface area contributed by atoms with E-state index < -0.39 is 17.7 Å². The smallest absolute Gasteiger partial charge is 0.295 e. The summed E-state index contributed by atoms with van der Waals surface area (Å²) in [4.78, 5) is 29.9. The number of benzene rings is 3. The molecule has 7 nitrogen and oxygen atoms in total. The Morgan fingerprint density at radius 3 is 2.49 bits per heavy atom. The summed E-state index contributed by atoms with van der Waals surface area (Å²) in [6, 6.07) is 18.7. The molecule has 35 heavy (non-hydrogen) atoms. The topological polar surface area (TPSA) is 79.3 Å². The van der Waals surface area contributed by atoms with Gasteiger partial charge in [0.05, 0.1) is 11.6 Å². The van der Waals surface area contributed by atoms with E-state index in [1.165, 1.54) is 4.90 Å². The molecule has 0 bridgehead atoms. The molecule has 2 aliphatic heterocycles. The van der Waals surface area contributed by atoms with Crippen LogP contribution in [0.15, 0.2) is 72.3 Å². The first-order chi connectivity index (χ1) is 16.8. The number of Topliss-reactive ketones (excluding diaryl/α,β-unsaturated/α-hetero) is 1. The average molecular weight is 491 g/mol. The van der Waals surface area contributed by atoms with Crippen molar-refractivity contribution in [3.63, 3.8) is 0 Å². The third kappa shape index (κ3) is 4.19. The minimum atomic E-state index is -0.782. The summed E-state index contributed by atoms with van der Waals surface area (Å²) in [6.07, 6.45) is 0. The van der Waals surface area contributed by atoms with Crippen LogP contribution in [0.5, 0.6) is 11.5 Å². The second kappa shape index (κ2) is 9.00. The Labute approximate surface area is 207 Å². The Morgan fingerprint density at radius 2 is 1.77 bits per heavy atom. The molecule has 0 spiro atoms. The van der Waals surface area contributed by atoms with E-state index in [4.69, 9.17) is 21.1 Å². The standard InChI is InChI=1S/C27H23ClN2O5/c1-29(2)20-9-7-17(8-10-20)24-23(25(31)18-4-3-5-19(28)13-18)26(32)27(33)30(24)14-16-6-11-21-22(12-16)35-15-34-21/h3-13,24,31H,14-15H2,1-2H3/b25-23+. The molecule has 1 atom stereocenters. The first-order valence-corrected chi connectivity index (χ1v) is 11.4. The number of hydrogen-bond acceptors (Lipinski definition) is 6. The summed E-state index contributed by atoms with van der Waals surface area (Å²) in [6.45, 7) is 0.287. The molecule has 2 heterocycles. The van der Waals surface area contributed by atoms with Gasteiger partial charge in [-0.1, -0.05) is 41.9 Å². The van der Waals surface area contributed by atoms with Gasteiger partial charge >= 0.3 is 0 Å². The molecule has 0 aliphatic carbocycles. The predicted octanol–water partition coefficient (Wildman–Crippen LogP) is 4.76. The molecule has 178 valence electrons. The van der Waals surface area contributed by atoms with Crippen molar-refractivity contribution in [1.29, 1.82) is 0 Å². The molecule has 3 aromatic carbocycles. The summed E-state index contributed by atoms with van der Waals surface area (Å²) in [5, 5.41) is 11.6. The number of aliphatic hydroxyl groups is 1. The molecule has 1 saturated heterocycles. The minimum absolute atomic E-state index is 0.0237. The molecule has 0 aromatic heterocycles. The molecule has 8 heteroatoms. The lowest BCUT2D eigenvalue weighted by Crippen LogP contribution is -2.29. The van der Waals surface area contributed by atoms with E-state index in [0.717, 1.165) is 11.3 Å². The summed E-state index contributed by atoms with van der Waals surface area (Å²) in [5.41, 5.74) is 2.84. The van der Waals surface area contributed by atoms with E-state index in [2.05, 4.69) is 0 Å². The first kappa shape index (κ1) is 22.8. The summed E-state index contributed by atoms with van der Waals surface area (Å²) in [5.74, 6) is -0.476. The zero-order chi connectivity index (χ0) is 24.7. The predicted molar refractivity (Wildman–Crippen MR) is 133 cm³/mol. The van der Waals surface area contributed by atoms with Gasteiger partial charge in [0, 0.05) is 36.9 Å². The maximum absolute atomic E-state index is 13.3. The molecule has 0 saturated carbocycles. The van der Waals surface area contributed by atoms with Crippen LogP contribution in [-0.4, -0.2) is 42.6 Å². The van der Waals surface area contributed by atoms with Crippen LogP contribution in [-0.2, 0) is 16.1 Å². The van der Waals surface area contributed by atoms with Crippen LogP contribution in [0.4, 0.5) is 5.69 Å². The highest BCUT2D eigenvalue weighted by Crippen LogP contribution is 2.42. The normalized spacial score (nSPS) is 18.3. The quantitative estimate of drug-likeness (QED) is 0.316. The number of ketones is 1. The van der Waals surface area contributed by atoms with E-state index in [0.29, 0.717) is 27.6 Å². The van der Waals surface area contributed by atoms with Crippen LogP contribution in [0.3, 0.4) is 0 Å². The van der Waals surface area contributed by atoms with Crippen molar-refractivity contribution in [2.45, 2.75) is 12.6 Å². The van der Waals surface area contributed by atoms with Gasteiger partial charge in [0.1, 0.15) is 5.76 Å². The Hall–Kier alpha value is -3.97. The number of nitrogens with zero attached hydrogens (tertiary/aromatic N) is 2. The van der Waals surface area contributed by atoms with Crippen LogP contribution >= 0.6 is 11.6 Å². The highest BCUT2D eigenvalue weighted by Gasteiger charge is 2.46. The van der Waals surface area contributed by atoms with Gasteiger partial charge in [-0.2, -0.15) is 0 Å². The molecule has 1 amide bonds. The van der Waals surface area contributed by atoms with E-state index in [9.17, 15) is 14.7 Å². The van der Waals surface area contributed by atoms with Crippen LogP contribution < -0.4 is 14.4 Å².